The molecule has 78 valence electrons. The smallest absolute Gasteiger partial charge is 0.145 e. The fourth-order valence-electron chi connectivity index (χ4n) is 1.46. The van der Waals surface area contributed by atoms with Crippen LogP contribution in [0.5, 0.6) is 0 Å². The van der Waals surface area contributed by atoms with Crippen LogP contribution in [0.1, 0.15) is 0 Å². The van der Waals surface area contributed by atoms with E-state index in [2.05, 4.69) is 15.3 Å². The van der Waals surface area contributed by atoms with E-state index in [4.69, 9.17) is 9.05 Å². The second-order valence-corrected chi connectivity index (χ2v) is 3.18. The summed E-state index contributed by atoms with van der Waals surface area (Å²) < 4.78 is 9.73. The highest BCUT2D eigenvalue weighted by atomic mass is 16.5. The van der Waals surface area contributed by atoms with Crippen LogP contribution < -0.4 is 0 Å². The molecule has 0 amide bonds. The minimum atomic E-state index is 0.632. The van der Waals surface area contributed by atoms with Gasteiger partial charge >= 0.3 is 0 Å². The molecular formula is C11H7N3O2. The SMILES string of the molecule is c1ccc(-c2conc2-c2ccon2)nc1. The lowest BCUT2D eigenvalue weighted by molar-refractivity contribution is 0.413. The summed E-state index contributed by atoms with van der Waals surface area (Å²) in [4.78, 5) is 4.23. The maximum Gasteiger partial charge on any atom is 0.145 e. The lowest BCUT2D eigenvalue weighted by Crippen LogP contribution is -1.84. The zero-order valence-electron chi connectivity index (χ0n) is 8.20. The van der Waals surface area contributed by atoms with Crippen LogP contribution in [-0.2, 0) is 0 Å². The van der Waals surface area contributed by atoms with Crippen LogP contribution in [0.15, 0.2) is 52.0 Å². The Bertz CT molecular complexity index is 572. The molecule has 5 heteroatoms. The maximum absolute atomic E-state index is 4.95. The zero-order chi connectivity index (χ0) is 10.8. The number of hydrogen-bond donors (Lipinski definition) is 0. The highest BCUT2D eigenvalue weighted by Gasteiger charge is 2.14. The molecule has 0 atom stereocenters. The summed E-state index contributed by atoms with van der Waals surface area (Å²) in [6.45, 7) is 0. The lowest BCUT2D eigenvalue weighted by atomic mass is 10.1. The Morgan fingerprint density at radius 3 is 2.69 bits per heavy atom. The molecule has 3 aromatic heterocycles. The highest BCUT2D eigenvalue weighted by Crippen LogP contribution is 2.28. The highest BCUT2D eigenvalue weighted by molar-refractivity contribution is 5.75. The van der Waals surface area contributed by atoms with Crippen molar-refractivity contribution in [3.8, 4) is 22.6 Å². The average Bonchev–Trinajstić information content (AvgIpc) is 3.01. The first-order valence-electron chi connectivity index (χ1n) is 4.71. The topological polar surface area (TPSA) is 65.0 Å². The molecule has 0 aliphatic carbocycles. The van der Waals surface area contributed by atoms with Crippen LogP contribution in [0.3, 0.4) is 0 Å². The van der Waals surface area contributed by atoms with E-state index in [1.807, 2.05) is 18.2 Å². The van der Waals surface area contributed by atoms with Gasteiger partial charge in [0, 0.05) is 12.3 Å². The van der Waals surface area contributed by atoms with Gasteiger partial charge < -0.3 is 9.05 Å². The van der Waals surface area contributed by atoms with Crippen molar-refractivity contribution in [2.45, 2.75) is 0 Å². The third-order valence-corrected chi connectivity index (χ3v) is 2.19. The third kappa shape index (κ3) is 1.38. The van der Waals surface area contributed by atoms with Crippen molar-refractivity contribution in [3.05, 3.63) is 43.0 Å². The number of pyridine rings is 1. The molecule has 0 fully saturated rings. The number of hydrogen-bond acceptors (Lipinski definition) is 5. The molecule has 0 aromatic carbocycles. The largest absolute Gasteiger partial charge is 0.364 e. The lowest BCUT2D eigenvalue weighted by Gasteiger charge is -1.96. The van der Waals surface area contributed by atoms with Gasteiger partial charge in [0.05, 0.1) is 11.3 Å². The van der Waals surface area contributed by atoms with E-state index in [0.29, 0.717) is 11.4 Å². The van der Waals surface area contributed by atoms with Crippen LogP contribution >= 0.6 is 0 Å². The van der Waals surface area contributed by atoms with Crippen LogP contribution in [0.25, 0.3) is 22.6 Å². The van der Waals surface area contributed by atoms with Gasteiger partial charge in [-0.05, 0) is 12.1 Å². The Morgan fingerprint density at radius 2 is 1.94 bits per heavy atom. The summed E-state index contributed by atoms with van der Waals surface area (Å²) in [6, 6.07) is 7.37. The molecule has 0 spiro atoms. The predicted molar refractivity (Wildman–Crippen MR) is 55.2 cm³/mol. The molecule has 3 rings (SSSR count). The fraction of sp³-hybridized carbons (Fsp3) is 0. The first-order chi connectivity index (χ1) is 7.95. The van der Waals surface area contributed by atoms with Gasteiger partial charge in [-0.15, -0.1) is 0 Å². The number of rotatable bonds is 2. The molecule has 0 radical (unpaired) electrons. The van der Waals surface area contributed by atoms with Crippen LogP contribution in [0, 0.1) is 0 Å². The molecule has 5 nitrogen and oxygen atoms in total. The van der Waals surface area contributed by atoms with Crippen molar-refractivity contribution in [2.24, 2.45) is 0 Å². The quantitative estimate of drug-likeness (QED) is 0.653. The summed E-state index contributed by atoms with van der Waals surface area (Å²) in [5, 5.41) is 7.72. The van der Waals surface area contributed by atoms with E-state index in [1.54, 1.807) is 18.5 Å². The second-order valence-electron chi connectivity index (χ2n) is 3.18. The normalized spacial score (nSPS) is 10.5. The van der Waals surface area contributed by atoms with Crippen LogP contribution in [-0.4, -0.2) is 15.3 Å². The zero-order valence-corrected chi connectivity index (χ0v) is 8.20. The van der Waals surface area contributed by atoms with Crippen molar-refractivity contribution in [3.63, 3.8) is 0 Å². The molecule has 0 saturated carbocycles. The van der Waals surface area contributed by atoms with E-state index in [0.717, 1.165) is 11.3 Å². The molecular weight excluding hydrogens is 206 g/mol. The van der Waals surface area contributed by atoms with Gasteiger partial charge in [-0.1, -0.05) is 16.4 Å². The number of aromatic nitrogens is 3. The molecule has 16 heavy (non-hydrogen) atoms. The Morgan fingerprint density at radius 1 is 0.938 bits per heavy atom. The fourth-order valence-corrected chi connectivity index (χ4v) is 1.46. The molecule has 0 N–H and O–H groups in total. The Kier molecular flexibility index (Phi) is 2.00. The standard InChI is InChI=1S/C11H7N3O2/c1-2-5-12-9(3-1)8-7-16-14-11(8)10-4-6-15-13-10/h1-7H. The van der Waals surface area contributed by atoms with Crippen LogP contribution in [0.4, 0.5) is 0 Å². The van der Waals surface area contributed by atoms with Crippen molar-refractivity contribution < 1.29 is 9.05 Å². The molecule has 0 aliphatic rings. The van der Waals surface area contributed by atoms with Gasteiger partial charge in [-0.3, -0.25) is 4.98 Å². The van der Waals surface area contributed by atoms with E-state index < -0.39 is 0 Å². The summed E-state index contributed by atoms with van der Waals surface area (Å²) in [6.07, 6.45) is 4.76. The van der Waals surface area contributed by atoms with Gasteiger partial charge in [-0.25, -0.2) is 0 Å². The molecule has 3 aromatic rings. The Hall–Kier alpha value is -2.43. The van der Waals surface area contributed by atoms with Gasteiger partial charge in [0.1, 0.15) is 23.9 Å². The molecule has 3 heterocycles. The minimum Gasteiger partial charge on any atom is -0.364 e. The van der Waals surface area contributed by atoms with Gasteiger partial charge in [0.15, 0.2) is 0 Å². The van der Waals surface area contributed by atoms with Crippen molar-refractivity contribution in [2.75, 3.05) is 0 Å². The number of nitrogens with zero attached hydrogens (tertiary/aromatic N) is 3. The van der Waals surface area contributed by atoms with Gasteiger partial charge in [0.25, 0.3) is 0 Å². The van der Waals surface area contributed by atoms with Crippen molar-refractivity contribution in [1.82, 2.24) is 15.3 Å². The summed E-state index contributed by atoms with van der Waals surface area (Å²) in [7, 11) is 0. The first-order valence-corrected chi connectivity index (χ1v) is 4.71. The monoisotopic (exact) mass is 213 g/mol. The van der Waals surface area contributed by atoms with Gasteiger partial charge in [-0.2, -0.15) is 0 Å². The maximum atomic E-state index is 4.95. The van der Waals surface area contributed by atoms with E-state index in [9.17, 15) is 0 Å². The molecule has 0 unspecified atom stereocenters. The molecule has 0 saturated heterocycles. The average molecular weight is 213 g/mol. The summed E-state index contributed by atoms with van der Waals surface area (Å²) in [5.74, 6) is 0. The van der Waals surface area contributed by atoms with Gasteiger partial charge in [0.2, 0.25) is 0 Å². The molecule has 0 bridgehead atoms. The Labute approximate surface area is 90.7 Å². The summed E-state index contributed by atoms with van der Waals surface area (Å²) >= 11 is 0. The van der Waals surface area contributed by atoms with Crippen molar-refractivity contribution in [1.29, 1.82) is 0 Å². The van der Waals surface area contributed by atoms with E-state index >= 15 is 0 Å². The predicted octanol–water partition coefficient (Wildman–Crippen LogP) is 2.39. The minimum absolute atomic E-state index is 0.632. The van der Waals surface area contributed by atoms with E-state index in [1.165, 1.54) is 6.26 Å². The van der Waals surface area contributed by atoms with E-state index in [-0.39, 0.29) is 0 Å². The molecule has 0 aliphatic heterocycles. The van der Waals surface area contributed by atoms with Crippen molar-refractivity contribution >= 4 is 0 Å². The third-order valence-electron chi connectivity index (χ3n) is 2.19. The summed E-state index contributed by atoms with van der Waals surface area (Å²) in [5.41, 5.74) is 2.86. The first kappa shape index (κ1) is 8.84. The second kappa shape index (κ2) is 3.62. The Balaban J connectivity index is 2.14. The van der Waals surface area contributed by atoms with Crippen LogP contribution in [0.2, 0.25) is 0 Å².